The lowest BCUT2D eigenvalue weighted by atomic mass is 10.1. The molecule has 0 atom stereocenters. The van der Waals surface area contributed by atoms with Gasteiger partial charge in [0, 0.05) is 11.6 Å². The predicted molar refractivity (Wildman–Crippen MR) is 81.3 cm³/mol. The minimum Gasteiger partial charge on any atom is -0.324 e. The van der Waals surface area contributed by atoms with Gasteiger partial charge in [-0.2, -0.15) is 0 Å². The number of rotatable bonds is 2. The van der Waals surface area contributed by atoms with E-state index < -0.39 is 0 Å². The lowest BCUT2D eigenvalue weighted by Crippen LogP contribution is -2.00. The van der Waals surface area contributed by atoms with Crippen LogP contribution < -0.4 is 5.32 Å². The highest BCUT2D eigenvalue weighted by Gasteiger charge is 2.03. The van der Waals surface area contributed by atoms with E-state index in [9.17, 15) is 0 Å². The van der Waals surface area contributed by atoms with Gasteiger partial charge in [0.1, 0.15) is 11.6 Å². The number of nitrogens with zero attached hydrogens (tertiary/aromatic N) is 3. The van der Waals surface area contributed by atoms with Crippen molar-refractivity contribution in [3.8, 4) is 0 Å². The molecule has 0 spiro atoms. The molecule has 4 heteroatoms. The number of nitrogens with one attached hydrogen (secondary N) is 1. The predicted octanol–water partition coefficient (Wildman–Crippen LogP) is 3.69. The first-order chi connectivity index (χ1) is 9.63. The number of hydrogen-bond donors (Lipinski definition) is 1. The summed E-state index contributed by atoms with van der Waals surface area (Å²) < 4.78 is 0. The Labute approximate surface area is 117 Å². The van der Waals surface area contributed by atoms with E-state index in [4.69, 9.17) is 0 Å². The molecule has 20 heavy (non-hydrogen) atoms. The number of benzene rings is 1. The summed E-state index contributed by atoms with van der Waals surface area (Å²) in [5, 5.41) is 5.54. The average molecular weight is 264 g/mol. The first-order valence-corrected chi connectivity index (χ1v) is 6.56. The van der Waals surface area contributed by atoms with Crippen LogP contribution in [-0.4, -0.2) is 15.0 Å². The molecule has 1 aromatic carbocycles. The first kappa shape index (κ1) is 12.5. The number of pyridine rings is 1. The van der Waals surface area contributed by atoms with Crippen LogP contribution in [0.25, 0.3) is 10.8 Å². The van der Waals surface area contributed by atoms with Gasteiger partial charge in [-0.15, -0.1) is 0 Å². The van der Waals surface area contributed by atoms with Crippen LogP contribution in [0, 0.1) is 20.8 Å². The third-order valence-electron chi connectivity index (χ3n) is 3.43. The summed E-state index contributed by atoms with van der Waals surface area (Å²) in [4.78, 5) is 13.2. The third-order valence-corrected chi connectivity index (χ3v) is 3.43. The van der Waals surface area contributed by atoms with Gasteiger partial charge in [0.05, 0.1) is 17.6 Å². The summed E-state index contributed by atoms with van der Waals surface area (Å²) >= 11 is 0. The number of hydrogen-bond acceptors (Lipinski definition) is 4. The second-order valence-electron chi connectivity index (χ2n) is 4.92. The van der Waals surface area contributed by atoms with Crippen LogP contribution in [0.3, 0.4) is 0 Å². The first-order valence-electron chi connectivity index (χ1n) is 6.56. The van der Waals surface area contributed by atoms with Crippen LogP contribution in [-0.2, 0) is 0 Å². The molecule has 0 unspecified atom stereocenters. The molecule has 3 rings (SSSR count). The van der Waals surface area contributed by atoms with Crippen LogP contribution in [0.4, 0.5) is 11.6 Å². The van der Waals surface area contributed by atoms with E-state index >= 15 is 0 Å². The highest BCUT2D eigenvalue weighted by Crippen LogP contribution is 2.21. The fourth-order valence-electron chi connectivity index (χ4n) is 2.13. The number of aryl methyl sites for hydroxylation is 3. The van der Waals surface area contributed by atoms with E-state index in [2.05, 4.69) is 45.4 Å². The minimum absolute atomic E-state index is 0.715. The zero-order valence-electron chi connectivity index (χ0n) is 11.8. The number of anilines is 2. The Hall–Kier alpha value is -2.49. The Balaban J connectivity index is 1.96. The Morgan fingerprint density at radius 2 is 1.75 bits per heavy atom. The van der Waals surface area contributed by atoms with Gasteiger partial charge in [-0.1, -0.05) is 18.2 Å². The molecule has 0 aliphatic carbocycles. The van der Waals surface area contributed by atoms with Gasteiger partial charge in [-0.25, -0.2) is 9.97 Å². The second kappa shape index (κ2) is 4.89. The third kappa shape index (κ3) is 2.32. The molecule has 0 radical (unpaired) electrons. The van der Waals surface area contributed by atoms with Crippen molar-refractivity contribution in [3.05, 3.63) is 53.6 Å². The maximum absolute atomic E-state index is 4.45. The zero-order chi connectivity index (χ0) is 14.1. The molecular weight excluding hydrogens is 248 g/mol. The Morgan fingerprint density at radius 3 is 2.55 bits per heavy atom. The normalized spacial score (nSPS) is 10.8. The van der Waals surface area contributed by atoms with Crippen molar-refractivity contribution >= 4 is 22.4 Å². The van der Waals surface area contributed by atoms with Crippen LogP contribution in [0.15, 0.2) is 36.7 Å². The van der Waals surface area contributed by atoms with Gasteiger partial charge in [-0.05, 0) is 37.8 Å². The highest BCUT2D eigenvalue weighted by molar-refractivity contribution is 5.87. The molecule has 3 aromatic rings. The molecule has 4 nitrogen and oxygen atoms in total. The van der Waals surface area contributed by atoms with E-state index in [1.54, 1.807) is 6.20 Å². The summed E-state index contributed by atoms with van der Waals surface area (Å²) in [6.45, 7) is 5.99. The quantitative estimate of drug-likeness (QED) is 0.767. The lowest BCUT2D eigenvalue weighted by molar-refractivity contribution is 1.05. The molecule has 0 fully saturated rings. The van der Waals surface area contributed by atoms with Crippen LogP contribution in [0.5, 0.6) is 0 Å². The summed E-state index contributed by atoms with van der Waals surface area (Å²) in [7, 11) is 0. The highest BCUT2D eigenvalue weighted by atomic mass is 15.1. The smallest absolute Gasteiger partial charge is 0.150 e. The fraction of sp³-hybridized carbons (Fsp3) is 0.188. The fourth-order valence-corrected chi connectivity index (χ4v) is 2.13. The molecule has 0 saturated carbocycles. The second-order valence-corrected chi connectivity index (χ2v) is 4.92. The van der Waals surface area contributed by atoms with Crippen molar-refractivity contribution in [2.45, 2.75) is 20.8 Å². The minimum atomic E-state index is 0.715. The summed E-state index contributed by atoms with van der Waals surface area (Å²) in [6, 6.07) is 8.25. The molecule has 100 valence electrons. The van der Waals surface area contributed by atoms with Crippen molar-refractivity contribution < 1.29 is 0 Å². The standard InChI is InChI=1S/C16H16N4/c1-10-5-4-6-13-7-15(18-8-14(10)13)20-16-9-17-11(2)12(3)19-16/h4-9H,1-3H3,(H,18,19,20). The lowest BCUT2D eigenvalue weighted by Gasteiger charge is -2.08. The van der Waals surface area contributed by atoms with Gasteiger partial charge in [0.25, 0.3) is 0 Å². The van der Waals surface area contributed by atoms with E-state index in [1.165, 1.54) is 16.3 Å². The Bertz CT molecular complexity index is 781. The van der Waals surface area contributed by atoms with Gasteiger partial charge in [-0.3, -0.25) is 4.98 Å². The van der Waals surface area contributed by atoms with Crippen molar-refractivity contribution in [2.75, 3.05) is 5.32 Å². The van der Waals surface area contributed by atoms with Crippen LogP contribution >= 0.6 is 0 Å². The maximum Gasteiger partial charge on any atom is 0.150 e. The molecule has 0 aliphatic heterocycles. The summed E-state index contributed by atoms with van der Waals surface area (Å²) in [5.74, 6) is 1.49. The van der Waals surface area contributed by atoms with Crippen molar-refractivity contribution in [2.24, 2.45) is 0 Å². The summed E-state index contributed by atoms with van der Waals surface area (Å²) in [5.41, 5.74) is 3.09. The van der Waals surface area contributed by atoms with Crippen LogP contribution in [0.2, 0.25) is 0 Å². The van der Waals surface area contributed by atoms with E-state index in [0.717, 1.165) is 17.2 Å². The SMILES string of the molecule is Cc1ncc(Nc2cc3cccc(C)c3cn2)nc1C. The van der Waals surface area contributed by atoms with Gasteiger partial charge >= 0.3 is 0 Å². The van der Waals surface area contributed by atoms with Crippen LogP contribution in [0.1, 0.15) is 17.0 Å². The van der Waals surface area contributed by atoms with Crippen molar-refractivity contribution in [1.82, 2.24) is 15.0 Å². The van der Waals surface area contributed by atoms with E-state index in [0.29, 0.717) is 5.82 Å². The van der Waals surface area contributed by atoms with Gasteiger partial charge in [0.2, 0.25) is 0 Å². The van der Waals surface area contributed by atoms with Crippen molar-refractivity contribution in [1.29, 1.82) is 0 Å². The maximum atomic E-state index is 4.45. The molecule has 2 heterocycles. The van der Waals surface area contributed by atoms with E-state index in [1.807, 2.05) is 26.1 Å². The molecule has 1 N–H and O–H groups in total. The molecule has 0 amide bonds. The summed E-state index contributed by atoms with van der Waals surface area (Å²) in [6.07, 6.45) is 3.62. The molecule has 0 bridgehead atoms. The molecule has 0 saturated heterocycles. The Morgan fingerprint density at radius 1 is 0.900 bits per heavy atom. The molecule has 0 aliphatic rings. The molecular formula is C16H16N4. The zero-order valence-corrected chi connectivity index (χ0v) is 11.8. The van der Waals surface area contributed by atoms with Crippen molar-refractivity contribution in [3.63, 3.8) is 0 Å². The van der Waals surface area contributed by atoms with Gasteiger partial charge in [0.15, 0.2) is 0 Å². The topological polar surface area (TPSA) is 50.7 Å². The van der Waals surface area contributed by atoms with Gasteiger partial charge < -0.3 is 5.32 Å². The molecule has 2 aromatic heterocycles. The monoisotopic (exact) mass is 264 g/mol. The number of fused-ring (bicyclic) bond motifs is 1. The van der Waals surface area contributed by atoms with E-state index in [-0.39, 0.29) is 0 Å². The average Bonchev–Trinajstić information content (AvgIpc) is 2.43. The largest absolute Gasteiger partial charge is 0.324 e. The Kier molecular flexibility index (Phi) is 3.06. The number of aromatic nitrogens is 3.